The van der Waals surface area contributed by atoms with Gasteiger partial charge < -0.3 is 11.1 Å². The highest BCUT2D eigenvalue weighted by Crippen LogP contribution is 2.16. The third-order valence-electron chi connectivity index (χ3n) is 3.77. The van der Waals surface area contributed by atoms with Gasteiger partial charge in [0.2, 0.25) is 5.91 Å². The topological polar surface area (TPSA) is 98.0 Å². The fourth-order valence-corrected chi connectivity index (χ4v) is 2.63. The molecule has 6 nitrogen and oxygen atoms in total. The molecule has 1 atom stereocenters. The number of nitrogens with two attached hydrogens (primary N) is 1. The number of carbonyl (C=O) groups is 2. The third-order valence-corrected chi connectivity index (χ3v) is 3.99. The number of nitrogens with zero attached hydrogens (tertiary/aromatic N) is 2. The summed E-state index contributed by atoms with van der Waals surface area (Å²) in [7, 11) is 0. The molecule has 0 saturated carbocycles. The first-order valence-corrected chi connectivity index (χ1v) is 7.97. The molecule has 0 bridgehead atoms. The Morgan fingerprint density at radius 3 is 2.64 bits per heavy atom. The monoisotopic (exact) mass is 354 g/mol. The number of aromatic nitrogens is 2. The highest BCUT2D eigenvalue weighted by Gasteiger charge is 2.21. The number of nitrogens with one attached hydrogen (secondary N) is 1. The van der Waals surface area contributed by atoms with Crippen LogP contribution >= 0.6 is 11.6 Å². The maximum Gasteiger partial charge on any atom is 0.252 e. The second kappa shape index (κ2) is 7.27. The molecule has 0 saturated heterocycles. The van der Waals surface area contributed by atoms with Crippen molar-refractivity contribution in [1.82, 2.24) is 15.3 Å². The molecule has 2 aromatic heterocycles. The molecule has 0 fully saturated rings. The van der Waals surface area contributed by atoms with E-state index in [9.17, 15) is 9.59 Å². The molecule has 3 N–H and O–H groups in total. The van der Waals surface area contributed by atoms with E-state index in [4.69, 9.17) is 17.3 Å². The molecule has 1 aromatic carbocycles. The Morgan fingerprint density at radius 1 is 1.12 bits per heavy atom. The van der Waals surface area contributed by atoms with Crippen LogP contribution in [0, 0.1) is 0 Å². The Kier molecular flexibility index (Phi) is 4.90. The van der Waals surface area contributed by atoms with Crippen LogP contribution in [0.1, 0.15) is 15.9 Å². The maximum atomic E-state index is 12.6. The number of pyridine rings is 2. The van der Waals surface area contributed by atoms with Crippen molar-refractivity contribution in [3.63, 3.8) is 0 Å². The van der Waals surface area contributed by atoms with E-state index >= 15 is 0 Å². The van der Waals surface area contributed by atoms with Crippen LogP contribution in [0.25, 0.3) is 10.9 Å². The molecular formula is C18H15ClN4O2. The van der Waals surface area contributed by atoms with Crippen molar-refractivity contribution in [3.05, 3.63) is 71.1 Å². The van der Waals surface area contributed by atoms with E-state index in [2.05, 4.69) is 15.3 Å². The van der Waals surface area contributed by atoms with Crippen molar-refractivity contribution in [2.75, 3.05) is 0 Å². The van der Waals surface area contributed by atoms with Crippen LogP contribution in [0.3, 0.4) is 0 Å². The summed E-state index contributed by atoms with van der Waals surface area (Å²) in [5.74, 6) is -1.01. The van der Waals surface area contributed by atoms with Crippen LogP contribution in [0.5, 0.6) is 0 Å². The van der Waals surface area contributed by atoms with E-state index in [0.29, 0.717) is 21.6 Å². The average Bonchev–Trinajstić information content (AvgIpc) is 2.62. The van der Waals surface area contributed by atoms with E-state index in [-0.39, 0.29) is 12.3 Å². The molecule has 2 heterocycles. The molecule has 0 spiro atoms. The van der Waals surface area contributed by atoms with Crippen molar-refractivity contribution < 1.29 is 9.59 Å². The normalized spacial score (nSPS) is 11.9. The molecule has 7 heteroatoms. The Labute approximate surface area is 149 Å². The molecule has 0 radical (unpaired) electrons. The fourth-order valence-electron chi connectivity index (χ4n) is 2.52. The zero-order valence-corrected chi connectivity index (χ0v) is 13.9. The summed E-state index contributed by atoms with van der Waals surface area (Å²) >= 11 is 5.75. The van der Waals surface area contributed by atoms with Crippen molar-refractivity contribution in [2.24, 2.45) is 5.73 Å². The third kappa shape index (κ3) is 3.92. The van der Waals surface area contributed by atoms with Gasteiger partial charge in [-0.15, -0.1) is 0 Å². The number of carbonyl (C=O) groups excluding carboxylic acids is 2. The van der Waals surface area contributed by atoms with E-state index in [1.54, 1.807) is 36.7 Å². The molecule has 126 valence electrons. The number of hydrogen-bond donors (Lipinski definition) is 2. The molecule has 3 rings (SSSR count). The second-order valence-corrected chi connectivity index (χ2v) is 5.88. The van der Waals surface area contributed by atoms with Crippen LogP contribution < -0.4 is 11.1 Å². The number of amides is 2. The highest BCUT2D eigenvalue weighted by molar-refractivity contribution is 6.29. The minimum atomic E-state index is -0.859. The Morgan fingerprint density at radius 2 is 1.92 bits per heavy atom. The van der Waals surface area contributed by atoms with Crippen LogP contribution in [0.2, 0.25) is 5.15 Å². The number of para-hydroxylation sites is 1. The predicted molar refractivity (Wildman–Crippen MR) is 95.1 cm³/mol. The van der Waals surface area contributed by atoms with Gasteiger partial charge in [0.05, 0.1) is 11.1 Å². The summed E-state index contributed by atoms with van der Waals surface area (Å²) in [5.41, 5.74) is 7.32. The SMILES string of the molecule is NC(=O)[C@H](Cc1ccc(Cl)nc1)NC(=O)c1ccnc2ccccc12. The molecule has 0 unspecified atom stereocenters. The molecule has 0 aliphatic carbocycles. The lowest BCUT2D eigenvalue weighted by molar-refractivity contribution is -0.119. The number of hydrogen-bond acceptors (Lipinski definition) is 4. The van der Waals surface area contributed by atoms with E-state index in [0.717, 1.165) is 5.56 Å². The molecule has 25 heavy (non-hydrogen) atoms. The summed E-state index contributed by atoms with van der Waals surface area (Å²) in [6.07, 6.45) is 3.33. The van der Waals surface area contributed by atoms with Gasteiger partial charge in [-0.1, -0.05) is 35.9 Å². The van der Waals surface area contributed by atoms with E-state index in [1.807, 2.05) is 18.2 Å². The van der Waals surface area contributed by atoms with Gasteiger partial charge >= 0.3 is 0 Å². The molecule has 3 aromatic rings. The number of halogens is 1. The zero-order chi connectivity index (χ0) is 17.8. The van der Waals surface area contributed by atoms with Crippen molar-refractivity contribution in [2.45, 2.75) is 12.5 Å². The quantitative estimate of drug-likeness (QED) is 0.685. The first-order valence-electron chi connectivity index (χ1n) is 7.59. The van der Waals surface area contributed by atoms with Gasteiger partial charge in [0.25, 0.3) is 5.91 Å². The molecule has 0 aliphatic rings. The molecular weight excluding hydrogens is 340 g/mol. The van der Waals surface area contributed by atoms with Gasteiger partial charge in [0.15, 0.2) is 0 Å². The summed E-state index contributed by atoms with van der Waals surface area (Å²) in [4.78, 5) is 32.6. The van der Waals surface area contributed by atoms with Gasteiger partial charge in [0, 0.05) is 24.2 Å². The zero-order valence-electron chi connectivity index (χ0n) is 13.1. The van der Waals surface area contributed by atoms with Crippen LogP contribution in [-0.2, 0) is 11.2 Å². The average molecular weight is 355 g/mol. The Balaban J connectivity index is 1.83. The minimum Gasteiger partial charge on any atom is -0.368 e. The first kappa shape index (κ1) is 16.9. The van der Waals surface area contributed by atoms with Crippen molar-refractivity contribution >= 4 is 34.3 Å². The van der Waals surface area contributed by atoms with Gasteiger partial charge in [-0.05, 0) is 23.8 Å². The smallest absolute Gasteiger partial charge is 0.252 e. The minimum absolute atomic E-state index is 0.230. The predicted octanol–water partition coefficient (Wildman–Crippen LogP) is 2.11. The maximum absolute atomic E-state index is 12.6. The van der Waals surface area contributed by atoms with Gasteiger partial charge in [-0.25, -0.2) is 4.98 Å². The lowest BCUT2D eigenvalue weighted by Gasteiger charge is -2.16. The standard InChI is InChI=1S/C18H15ClN4O2/c19-16-6-5-11(10-22-16)9-15(17(20)24)23-18(25)13-7-8-21-14-4-2-1-3-12(13)14/h1-8,10,15H,9H2,(H2,20,24)(H,23,25)/t15-/m0/s1. The molecule has 0 aliphatic heterocycles. The van der Waals surface area contributed by atoms with Crippen LogP contribution in [0.4, 0.5) is 0 Å². The largest absolute Gasteiger partial charge is 0.368 e. The number of primary amides is 1. The summed E-state index contributed by atoms with van der Waals surface area (Å²) in [5, 5.41) is 3.75. The summed E-state index contributed by atoms with van der Waals surface area (Å²) in [6.45, 7) is 0. The summed E-state index contributed by atoms with van der Waals surface area (Å²) < 4.78 is 0. The van der Waals surface area contributed by atoms with Crippen molar-refractivity contribution in [3.8, 4) is 0 Å². The fraction of sp³-hybridized carbons (Fsp3) is 0.111. The van der Waals surface area contributed by atoms with Crippen molar-refractivity contribution in [1.29, 1.82) is 0 Å². The number of rotatable bonds is 5. The van der Waals surface area contributed by atoms with Gasteiger partial charge in [-0.2, -0.15) is 0 Å². The van der Waals surface area contributed by atoms with Crippen LogP contribution in [0.15, 0.2) is 54.9 Å². The Hall–Kier alpha value is -2.99. The lowest BCUT2D eigenvalue weighted by atomic mass is 10.1. The number of fused-ring (bicyclic) bond motifs is 1. The second-order valence-electron chi connectivity index (χ2n) is 5.50. The van der Waals surface area contributed by atoms with E-state index in [1.165, 1.54) is 0 Å². The Bertz CT molecular complexity index is 923. The van der Waals surface area contributed by atoms with Gasteiger partial charge in [0.1, 0.15) is 11.2 Å². The van der Waals surface area contributed by atoms with Crippen LogP contribution in [-0.4, -0.2) is 27.8 Å². The van der Waals surface area contributed by atoms with Gasteiger partial charge in [-0.3, -0.25) is 14.6 Å². The molecule has 2 amide bonds. The summed E-state index contributed by atoms with van der Waals surface area (Å²) in [6, 6.07) is 11.4. The highest BCUT2D eigenvalue weighted by atomic mass is 35.5. The first-order chi connectivity index (χ1) is 12.0. The van der Waals surface area contributed by atoms with E-state index < -0.39 is 11.9 Å². The number of benzene rings is 1. The lowest BCUT2D eigenvalue weighted by Crippen LogP contribution is -2.45.